The van der Waals surface area contributed by atoms with Gasteiger partial charge in [-0.1, -0.05) is 30.3 Å². The summed E-state index contributed by atoms with van der Waals surface area (Å²) in [5.74, 6) is -0.175. The van der Waals surface area contributed by atoms with Crippen molar-refractivity contribution in [1.29, 1.82) is 0 Å². The lowest BCUT2D eigenvalue weighted by Gasteiger charge is -2.40. The summed E-state index contributed by atoms with van der Waals surface area (Å²) in [7, 11) is 0. The van der Waals surface area contributed by atoms with E-state index in [1.807, 2.05) is 30.3 Å². The zero-order valence-electron chi connectivity index (χ0n) is 14.7. The topological polar surface area (TPSA) is 95.5 Å². The predicted molar refractivity (Wildman–Crippen MR) is 102 cm³/mol. The van der Waals surface area contributed by atoms with Gasteiger partial charge in [0.05, 0.1) is 35.8 Å². The molecule has 1 fully saturated rings. The van der Waals surface area contributed by atoms with E-state index in [2.05, 4.69) is 9.97 Å². The second-order valence-electron chi connectivity index (χ2n) is 6.41. The van der Waals surface area contributed by atoms with E-state index in [1.54, 1.807) is 11.8 Å². The summed E-state index contributed by atoms with van der Waals surface area (Å²) < 4.78 is 5.71. The minimum absolute atomic E-state index is 0.175. The second kappa shape index (κ2) is 7.22. The number of carbonyl (C=O) groups is 1. The number of aromatic amines is 1. The highest BCUT2D eigenvalue weighted by Crippen LogP contribution is 2.34. The molecule has 0 bridgehead atoms. The highest BCUT2D eigenvalue weighted by atomic mass is 32.1. The molecule has 0 radical (unpaired) electrons. The number of H-pyrrole nitrogens is 1. The lowest BCUT2D eigenvalue weighted by molar-refractivity contribution is -0.0810. The number of hydrogen-bond acceptors (Lipinski definition) is 6. The maximum absolute atomic E-state index is 13.4. The summed E-state index contributed by atoms with van der Waals surface area (Å²) in [6.07, 6.45) is 0.847. The number of aromatic nitrogens is 2. The number of rotatable bonds is 3. The fourth-order valence-electron chi connectivity index (χ4n) is 3.57. The van der Waals surface area contributed by atoms with Gasteiger partial charge in [-0.2, -0.15) is 0 Å². The molecule has 0 aliphatic carbocycles. The van der Waals surface area contributed by atoms with Crippen LogP contribution in [0.2, 0.25) is 0 Å². The van der Waals surface area contributed by atoms with Crippen molar-refractivity contribution < 1.29 is 14.6 Å². The molecule has 7 nitrogen and oxygen atoms in total. The number of morpholine rings is 1. The van der Waals surface area contributed by atoms with Crippen molar-refractivity contribution in [2.75, 3.05) is 19.8 Å². The molecule has 3 aromatic rings. The number of aryl methyl sites for hydroxylation is 1. The van der Waals surface area contributed by atoms with Gasteiger partial charge in [-0.3, -0.25) is 9.59 Å². The third-order valence-corrected chi connectivity index (χ3v) is 6.05. The lowest BCUT2D eigenvalue weighted by Crippen LogP contribution is -2.49. The zero-order valence-corrected chi connectivity index (χ0v) is 15.5. The van der Waals surface area contributed by atoms with Crippen LogP contribution < -0.4 is 5.56 Å². The summed E-state index contributed by atoms with van der Waals surface area (Å²) in [4.78, 5) is 35.0. The SMILES string of the molecule is Cc1c(C(=O)N2CCOC(CO)C2c2ccccc2)sc2nc[nH]c(=O)c12. The number of benzene rings is 1. The number of carbonyl (C=O) groups excluding carboxylic acids is 1. The number of amides is 1. The van der Waals surface area contributed by atoms with Crippen LogP contribution in [0.25, 0.3) is 10.2 Å². The van der Waals surface area contributed by atoms with Gasteiger partial charge >= 0.3 is 0 Å². The first-order chi connectivity index (χ1) is 13.1. The van der Waals surface area contributed by atoms with Crippen LogP contribution in [0, 0.1) is 6.92 Å². The van der Waals surface area contributed by atoms with Crippen LogP contribution in [0.3, 0.4) is 0 Å². The van der Waals surface area contributed by atoms with Crippen LogP contribution in [0.5, 0.6) is 0 Å². The van der Waals surface area contributed by atoms with E-state index in [9.17, 15) is 14.7 Å². The van der Waals surface area contributed by atoms with Crippen LogP contribution in [0.4, 0.5) is 0 Å². The van der Waals surface area contributed by atoms with E-state index in [0.29, 0.717) is 33.8 Å². The van der Waals surface area contributed by atoms with Crippen molar-refractivity contribution in [1.82, 2.24) is 14.9 Å². The molecule has 0 saturated carbocycles. The number of fused-ring (bicyclic) bond motifs is 1. The molecule has 1 aliphatic heterocycles. The number of nitrogens with zero attached hydrogens (tertiary/aromatic N) is 2. The van der Waals surface area contributed by atoms with Crippen molar-refractivity contribution >= 4 is 27.5 Å². The normalized spacial score (nSPS) is 20.1. The number of aliphatic hydroxyl groups excluding tert-OH is 1. The minimum Gasteiger partial charge on any atom is -0.394 e. The van der Waals surface area contributed by atoms with Gasteiger partial charge in [0.15, 0.2) is 0 Å². The summed E-state index contributed by atoms with van der Waals surface area (Å²) in [5, 5.41) is 10.2. The number of thiophene rings is 1. The molecule has 1 aliphatic rings. The summed E-state index contributed by atoms with van der Waals surface area (Å²) in [5.41, 5.74) is 1.29. The van der Waals surface area contributed by atoms with Gasteiger partial charge in [0.2, 0.25) is 0 Å². The summed E-state index contributed by atoms with van der Waals surface area (Å²) in [6.45, 7) is 2.34. The number of hydrogen-bond donors (Lipinski definition) is 2. The molecule has 1 amide bonds. The Kier molecular flexibility index (Phi) is 4.77. The molecule has 1 aromatic carbocycles. The van der Waals surface area contributed by atoms with Gasteiger partial charge in [0.25, 0.3) is 11.5 Å². The average molecular weight is 385 g/mol. The first-order valence-corrected chi connectivity index (χ1v) is 9.48. The van der Waals surface area contributed by atoms with Crippen molar-refractivity contribution in [2.24, 2.45) is 0 Å². The average Bonchev–Trinajstić information content (AvgIpc) is 3.05. The molecule has 0 spiro atoms. The quantitative estimate of drug-likeness (QED) is 0.718. The molecule has 2 N–H and O–H groups in total. The third-order valence-electron chi connectivity index (χ3n) is 4.86. The molecule has 2 unspecified atom stereocenters. The van der Waals surface area contributed by atoms with Crippen LogP contribution in [0.1, 0.15) is 26.8 Å². The van der Waals surface area contributed by atoms with E-state index < -0.39 is 12.1 Å². The number of ether oxygens (including phenoxy) is 1. The molecule has 4 rings (SSSR count). The standard InChI is InChI=1S/C19H19N3O4S/c1-11-14-17(24)20-10-21-18(14)27-16(11)19(25)22-7-8-26-13(9-23)15(22)12-5-3-2-4-6-12/h2-6,10,13,15,23H,7-9H2,1H3,(H,20,21,24). The van der Waals surface area contributed by atoms with E-state index in [-0.39, 0.29) is 18.1 Å². The Labute approximate surface area is 159 Å². The molecule has 27 heavy (non-hydrogen) atoms. The Balaban J connectivity index is 1.78. The van der Waals surface area contributed by atoms with Gasteiger partial charge in [0, 0.05) is 6.54 Å². The Morgan fingerprint density at radius 2 is 2.19 bits per heavy atom. The van der Waals surface area contributed by atoms with Gasteiger partial charge < -0.3 is 19.7 Å². The molecular formula is C19H19N3O4S. The molecule has 1 saturated heterocycles. The molecule has 2 atom stereocenters. The number of aliphatic hydroxyl groups is 1. The van der Waals surface area contributed by atoms with Gasteiger partial charge in [-0.05, 0) is 18.1 Å². The second-order valence-corrected chi connectivity index (χ2v) is 7.41. The summed E-state index contributed by atoms with van der Waals surface area (Å²) >= 11 is 1.22. The monoisotopic (exact) mass is 385 g/mol. The Hall–Kier alpha value is -2.55. The highest BCUT2D eigenvalue weighted by Gasteiger charge is 2.37. The van der Waals surface area contributed by atoms with Crippen LogP contribution >= 0.6 is 11.3 Å². The zero-order chi connectivity index (χ0) is 19.0. The molecule has 3 heterocycles. The highest BCUT2D eigenvalue weighted by molar-refractivity contribution is 7.20. The molecule has 2 aromatic heterocycles. The molecule has 8 heteroatoms. The van der Waals surface area contributed by atoms with Crippen LogP contribution in [-0.2, 0) is 4.74 Å². The van der Waals surface area contributed by atoms with Gasteiger partial charge in [0.1, 0.15) is 10.9 Å². The maximum atomic E-state index is 13.4. The van der Waals surface area contributed by atoms with Crippen LogP contribution in [0.15, 0.2) is 41.5 Å². The van der Waals surface area contributed by atoms with E-state index in [4.69, 9.17) is 4.74 Å². The Morgan fingerprint density at radius 1 is 1.41 bits per heavy atom. The lowest BCUT2D eigenvalue weighted by atomic mass is 9.98. The van der Waals surface area contributed by atoms with Crippen molar-refractivity contribution in [2.45, 2.75) is 19.1 Å². The minimum atomic E-state index is -0.499. The fourth-order valence-corrected chi connectivity index (χ4v) is 4.68. The predicted octanol–water partition coefficient (Wildman–Crippen LogP) is 1.87. The smallest absolute Gasteiger partial charge is 0.264 e. The van der Waals surface area contributed by atoms with Gasteiger partial charge in [-0.25, -0.2) is 4.98 Å². The van der Waals surface area contributed by atoms with E-state index >= 15 is 0 Å². The third kappa shape index (κ3) is 3.05. The van der Waals surface area contributed by atoms with E-state index in [0.717, 1.165) is 5.56 Å². The van der Waals surface area contributed by atoms with E-state index in [1.165, 1.54) is 17.7 Å². The largest absolute Gasteiger partial charge is 0.394 e. The summed E-state index contributed by atoms with van der Waals surface area (Å²) in [6, 6.07) is 9.15. The Morgan fingerprint density at radius 3 is 2.89 bits per heavy atom. The molecule has 140 valence electrons. The first kappa shape index (κ1) is 17.8. The van der Waals surface area contributed by atoms with Gasteiger partial charge in [-0.15, -0.1) is 11.3 Å². The maximum Gasteiger partial charge on any atom is 0.264 e. The molecular weight excluding hydrogens is 366 g/mol. The van der Waals surface area contributed by atoms with Crippen molar-refractivity contribution in [3.63, 3.8) is 0 Å². The number of nitrogens with one attached hydrogen (secondary N) is 1. The van der Waals surface area contributed by atoms with Crippen molar-refractivity contribution in [3.05, 3.63) is 63.0 Å². The van der Waals surface area contributed by atoms with Crippen LogP contribution in [-0.4, -0.2) is 51.7 Å². The first-order valence-electron chi connectivity index (χ1n) is 8.67. The fraction of sp³-hybridized carbons (Fsp3) is 0.316. The Bertz CT molecular complexity index is 1030. The van der Waals surface area contributed by atoms with Crippen molar-refractivity contribution in [3.8, 4) is 0 Å².